The Balaban J connectivity index is 2.48. The molecule has 1 unspecified atom stereocenters. The second-order valence-electron chi connectivity index (χ2n) is 4.62. The summed E-state index contributed by atoms with van der Waals surface area (Å²) in [5, 5.41) is 3.52. The highest BCUT2D eigenvalue weighted by Gasteiger charge is 2.10. The molecule has 102 valence electrons. The lowest BCUT2D eigenvalue weighted by molar-refractivity contribution is 0.192. The summed E-state index contributed by atoms with van der Waals surface area (Å²) in [5.74, 6) is 0.965. The third kappa shape index (κ3) is 4.67. The molecular formula is C15H25NO2. The largest absolute Gasteiger partial charge is 0.496 e. The number of rotatable bonds is 8. The molecule has 0 fully saturated rings. The maximum atomic E-state index is 5.43. The van der Waals surface area contributed by atoms with Crippen LogP contribution in [0.25, 0.3) is 0 Å². The first kappa shape index (κ1) is 15.0. The third-order valence-electron chi connectivity index (χ3n) is 3.08. The van der Waals surface area contributed by atoms with Crippen molar-refractivity contribution in [2.24, 2.45) is 0 Å². The number of benzene rings is 1. The van der Waals surface area contributed by atoms with Gasteiger partial charge in [-0.25, -0.2) is 0 Å². The van der Waals surface area contributed by atoms with Crippen LogP contribution in [0.3, 0.4) is 0 Å². The molecule has 1 atom stereocenters. The normalized spacial score (nSPS) is 12.4. The molecule has 1 aromatic carbocycles. The summed E-state index contributed by atoms with van der Waals surface area (Å²) in [6, 6.07) is 6.66. The molecule has 0 saturated carbocycles. The maximum Gasteiger partial charge on any atom is 0.123 e. The van der Waals surface area contributed by atoms with E-state index in [0.717, 1.165) is 31.7 Å². The highest BCUT2D eigenvalue weighted by atomic mass is 16.5. The van der Waals surface area contributed by atoms with Crippen LogP contribution in [0.1, 0.15) is 36.9 Å². The van der Waals surface area contributed by atoms with Crippen molar-refractivity contribution in [1.82, 2.24) is 5.32 Å². The van der Waals surface area contributed by atoms with Crippen LogP contribution in [-0.4, -0.2) is 27.4 Å². The van der Waals surface area contributed by atoms with Crippen LogP contribution in [0.4, 0.5) is 0 Å². The fraction of sp³-hybridized carbons (Fsp3) is 0.600. The minimum absolute atomic E-state index is 0.308. The summed E-state index contributed by atoms with van der Waals surface area (Å²) in [4.78, 5) is 0. The van der Waals surface area contributed by atoms with Gasteiger partial charge >= 0.3 is 0 Å². The zero-order chi connectivity index (χ0) is 13.4. The Morgan fingerprint density at radius 2 is 2.00 bits per heavy atom. The number of nitrogens with one attached hydrogen (secondary N) is 1. The van der Waals surface area contributed by atoms with E-state index in [0.29, 0.717) is 6.04 Å². The summed E-state index contributed by atoms with van der Waals surface area (Å²) in [6.45, 7) is 6.09. The van der Waals surface area contributed by atoms with Crippen LogP contribution in [0.2, 0.25) is 0 Å². The standard InChI is InChI=1S/C15H25NO2/c1-12-7-8-14(15(11-12)18-4)13(2)16-9-5-6-10-17-3/h7-8,11,13,16H,5-6,9-10H2,1-4H3. The Morgan fingerprint density at radius 1 is 1.22 bits per heavy atom. The number of aryl methyl sites for hydroxylation is 1. The Bertz CT molecular complexity index is 352. The molecule has 0 amide bonds. The Hall–Kier alpha value is -1.06. The van der Waals surface area contributed by atoms with E-state index in [1.165, 1.54) is 11.1 Å². The number of hydrogen-bond donors (Lipinski definition) is 1. The molecule has 0 bridgehead atoms. The number of methoxy groups -OCH3 is 2. The van der Waals surface area contributed by atoms with Crippen LogP contribution in [0.15, 0.2) is 18.2 Å². The topological polar surface area (TPSA) is 30.5 Å². The first-order valence-electron chi connectivity index (χ1n) is 6.56. The summed E-state index contributed by atoms with van der Waals surface area (Å²) in [7, 11) is 3.47. The molecule has 0 saturated heterocycles. The summed E-state index contributed by atoms with van der Waals surface area (Å²) >= 11 is 0. The maximum absolute atomic E-state index is 5.43. The van der Waals surface area contributed by atoms with E-state index in [1.807, 2.05) is 0 Å². The molecule has 0 aliphatic rings. The van der Waals surface area contributed by atoms with Gasteiger partial charge in [-0.15, -0.1) is 0 Å². The molecule has 3 heteroatoms. The molecule has 0 aliphatic carbocycles. The fourth-order valence-corrected chi connectivity index (χ4v) is 1.98. The van der Waals surface area contributed by atoms with Crippen LogP contribution in [0, 0.1) is 6.92 Å². The van der Waals surface area contributed by atoms with E-state index in [1.54, 1.807) is 14.2 Å². The number of ether oxygens (including phenoxy) is 2. The lowest BCUT2D eigenvalue weighted by Gasteiger charge is -2.17. The van der Waals surface area contributed by atoms with Gasteiger partial charge in [0.15, 0.2) is 0 Å². The lowest BCUT2D eigenvalue weighted by Crippen LogP contribution is -2.20. The highest BCUT2D eigenvalue weighted by molar-refractivity contribution is 5.38. The van der Waals surface area contributed by atoms with Crippen LogP contribution in [0.5, 0.6) is 5.75 Å². The molecule has 1 N–H and O–H groups in total. The van der Waals surface area contributed by atoms with Crippen molar-refractivity contribution >= 4 is 0 Å². The van der Waals surface area contributed by atoms with Crippen molar-refractivity contribution < 1.29 is 9.47 Å². The molecule has 0 aromatic heterocycles. The van der Waals surface area contributed by atoms with Gasteiger partial charge < -0.3 is 14.8 Å². The SMILES string of the molecule is COCCCCNC(C)c1ccc(C)cc1OC. The van der Waals surface area contributed by atoms with Gasteiger partial charge in [0, 0.05) is 25.3 Å². The van der Waals surface area contributed by atoms with Crippen molar-refractivity contribution in [3.8, 4) is 5.75 Å². The van der Waals surface area contributed by atoms with Gasteiger partial charge in [0.2, 0.25) is 0 Å². The van der Waals surface area contributed by atoms with Crippen LogP contribution >= 0.6 is 0 Å². The minimum Gasteiger partial charge on any atom is -0.496 e. The van der Waals surface area contributed by atoms with Crippen molar-refractivity contribution in [3.63, 3.8) is 0 Å². The van der Waals surface area contributed by atoms with Crippen molar-refractivity contribution in [2.45, 2.75) is 32.7 Å². The van der Waals surface area contributed by atoms with Gasteiger partial charge in [-0.2, -0.15) is 0 Å². The Kier molecular flexibility index (Phi) is 6.76. The molecule has 0 radical (unpaired) electrons. The van der Waals surface area contributed by atoms with E-state index in [4.69, 9.17) is 9.47 Å². The van der Waals surface area contributed by atoms with E-state index in [-0.39, 0.29) is 0 Å². The first-order chi connectivity index (χ1) is 8.69. The average molecular weight is 251 g/mol. The van der Waals surface area contributed by atoms with E-state index < -0.39 is 0 Å². The van der Waals surface area contributed by atoms with Crippen LogP contribution < -0.4 is 10.1 Å². The molecular weight excluding hydrogens is 226 g/mol. The fourth-order valence-electron chi connectivity index (χ4n) is 1.98. The molecule has 0 aliphatic heterocycles. The van der Waals surface area contributed by atoms with Crippen molar-refractivity contribution in [3.05, 3.63) is 29.3 Å². The number of hydrogen-bond acceptors (Lipinski definition) is 3. The molecule has 0 spiro atoms. The van der Waals surface area contributed by atoms with Gasteiger partial charge in [-0.3, -0.25) is 0 Å². The molecule has 1 rings (SSSR count). The van der Waals surface area contributed by atoms with Crippen molar-refractivity contribution in [1.29, 1.82) is 0 Å². The third-order valence-corrected chi connectivity index (χ3v) is 3.08. The highest BCUT2D eigenvalue weighted by Crippen LogP contribution is 2.25. The summed E-state index contributed by atoms with van der Waals surface area (Å²) < 4.78 is 10.5. The monoisotopic (exact) mass is 251 g/mol. The average Bonchev–Trinajstić information content (AvgIpc) is 2.38. The number of unbranched alkanes of at least 4 members (excludes halogenated alkanes) is 1. The second-order valence-corrected chi connectivity index (χ2v) is 4.62. The zero-order valence-corrected chi connectivity index (χ0v) is 12.0. The molecule has 18 heavy (non-hydrogen) atoms. The van der Waals surface area contributed by atoms with Gasteiger partial charge in [0.25, 0.3) is 0 Å². The minimum atomic E-state index is 0.308. The predicted octanol–water partition coefficient (Wildman–Crippen LogP) is 3.08. The van der Waals surface area contributed by atoms with E-state index in [9.17, 15) is 0 Å². The van der Waals surface area contributed by atoms with Gasteiger partial charge in [0.05, 0.1) is 7.11 Å². The lowest BCUT2D eigenvalue weighted by atomic mass is 10.0. The van der Waals surface area contributed by atoms with Gasteiger partial charge in [-0.1, -0.05) is 12.1 Å². The van der Waals surface area contributed by atoms with E-state index in [2.05, 4.69) is 37.4 Å². The predicted molar refractivity (Wildman–Crippen MR) is 75.3 cm³/mol. The Labute approximate surface area is 110 Å². The molecule has 3 nitrogen and oxygen atoms in total. The quantitative estimate of drug-likeness (QED) is 0.720. The summed E-state index contributed by atoms with van der Waals surface area (Å²) in [6.07, 6.45) is 2.23. The Morgan fingerprint density at radius 3 is 2.67 bits per heavy atom. The van der Waals surface area contributed by atoms with Crippen LogP contribution in [-0.2, 0) is 4.74 Å². The van der Waals surface area contributed by atoms with Crippen molar-refractivity contribution in [2.75, 3.05) is 27.4 Å². The first-order valence-corrected chi connectivity index (χ1v) is 6.56. The summed E-state index contributed by atoms with van der Waals surface area (Å²) in [5.41, 5.74) is 2.44. The zero-order valence-electron chi connectivity index (χ0n) is 12.0. The van der Waals surface area contributed by atoms with Gasteiger partial charge in [-0.05, 0) is 44.9 Å². The van der Waals surface area contributed by atoms with Gasteiger partial charge in [0.1, 0.15) is 5.75 Å². The smallest absolute Gasteiger partial charge is 0.123 e. The van der Waals surface area contributed by atoms with E-state index >= 15 is 0 Å². The molecule has 0 heterocycles. The molecule has 1 aromatic rings. The second kappa shape index (κ2) is 8.11.